The number of aryl methyl sites for hydroxylation is 2. The highest BCUT2D eigenvalue weighted by Gasteiger charge is 2.17. The van der Waals surface area contributed by atoms with E-state index in [-0.39, 0.29) is 22.5 Å². The lowest BCUT2D eigenvalue weighted by molar-refractivity contribution is -0.118. The fourth-order valence-corrected chi connectivity index (χ4v) is 4.58. The molecule has 0 aliphatic carbocycles. The van der Waals surface area contributed by atoms with E-state index in [0.717, 1.165) is 10.6 Å². The van der Waals surface area contributed by atoms with E-state index in [9.17, 15) is 13.2 Å². The maximum Gasteiger partial charge on any atom is 0.263 e. The van der Waals surface area contributed by atoms with Gasteiger partial charge in [0.15, 0.2) is 6.61 Å². The number of sulfonamides is 1. The van der Waals surface area contributed by atoms with Gasteiger partial charge in [-0.05, 0) is 61.4 Å². The molecule has 0 atom stereocenters. The number of hydrogen-bond donors (Lipinski definition) is 2. The Morgan fingerprint density at radius 1 is 1.17 bits per heavy atom. The van der Waals surface area contributed by atoms with Crippen LogP contribution in [0.5, 0.6) is 5.75 Å². The van der Waals surface area contributed by atoms with Crippen molar-refractivity contribution in [1.29, 1.82) is 0 Å². The van der Waals surface area contributed by atoms with E-state index < -0.39 is 10.0 Å². The number of ether oxygens (including phenoxy) is 1. The molecule has 0 saturated carbocycles. The standard InChI is InChI=1S/C19H19ClN4O4S2/c1-3-18-22-23-19(29-18)24-30(26,27)15-7-5-14(6-8-15)21-17(25)11-28-16-9-4-13(20)10-12(16)2/h4-10H,3,11H2,1-2H3,(H,21,25)(H,23,24). The van der Waals surface area contributed by atoms with Crippen LogP contribution in [0.4, 0.5) is 10.8 Å². The summed E-state index contributed by atoms with van der Waals surface area (Å²) in [4.78, 5) is 12.2. The lowest BCUT2D eigenvalue weighted by atomic mass is 10.2. The van der Waals surface area contributed by atoms with Crippen molar-refractivity contribution in [3.05, 3.63) is 58.1 Å². The molecule has 2 aromatic carbocycles. The number of halogens is 1. The van der Waals surface area contributed by atoms with Gasteiger partial charge in [0.05, 0.1) is 4.90 Å². The molecule has 11 heteroatoms. The van der Waals surface area contributed by atoms with Gasteiger partial charge in [0, 0.05) is 10.7 Å². The molecule has 1 amide bonds. The fraction of sp³-hybridized carbons (Fsp3) is 0.211. The van der Waals surface area contributed by atoms with E-state index in [1.165, 1.54) is 35.6 Å². The molecule has 0 bridgehead atoms. The van der Waals surface area contributed by atoms with Crippen molar-refractivity contribution >= 4 is 49.7 Å². The van der Waals surface area contributed by atoms with Gasteiger partial charge in [-0.3, -0.25) is 9.52 Å². The van der Waals surface area contributed by atoms with Gasteiger partial charge in [0.1, 0.15) is 10.8 Å². The van der Waals surface area contributed by atoms with Crippen LogP contribution >= 0.6 is 22.9 Å². The Bertz CT molecular complexity index is 1150. The fourth-order valence-electron chi connectivity index (χ4n) is 2.44. The Morgan fingerprint density at radius 2 is 1.90 bits per heavy atom. The molecule has 0 spiro atoms. The number of hydrogen-bond acceptors (Lipinski definition) is 7. The number of amides is 1. The summed E-state index contributed by atoms with van der Waals surface area (Å²) in [5.41, 5.74) is 1.26. The first-order chi connectivity index (χ1) is 14.3. The van der Waals surface area contributed by atoms with Crippen LogP contribution in [0.1, 0.15) is 17.5 Å². The van der Waals surface area contributed by atoms with E-state index in [4.69, 9.17) is 16.3 Å². The van der Waals surface area contributed by atoms with E-state index in [0.29, 0.717) is 22.9 Å². The van der Waals surface area contributed by atoms with Gasteiger partial charge in [0.2, 0.25) is 5.13 Å². The van der Waals surface area contributed by atoms with Crippen LogP contribution in [-0.2, 0) is 21.2 Å². The second kappa shape index (κ2) is 9.41. The summed E-state index contributed by atoms with van der Waals surface area (Å²) in [6.45, 7) is 3.55. The zero-order valence-electron chi connectivity index (χ0n) is 16.2. The van der Waals surface area contributed by atoms with Crippen molar-refractivity contribution in [3.8, 4) is 5.75 Å². The predicted octanol–water partition coefficient (Wildman–Crippen LogP) is 3.88. The number of anilines is 2. The van der Waals surface area contributed by atoms with Gasteiger partial charge >= 0.3 is 0 Å². The zero-order valence-corrected chi connectivity index (χ0v) is 18.6. The number of benzene rings is 2. The van der Waals surface area contributed by atoms with E-state index >= 15 is 0 Å². The summed E-state index contributed by atoms with van der Waals surface area (Å²) in [5.74, 6) is 0.184. The molecule has 3 rings (SSSR count). The Morgan fingerprint density at radius 3 is 2.53 bits per heavy atom. The second-order valence-corrected chi connectivity index (χ2v) is 9.41. The number of aromatic nitrogens is 2. The second-order valence-electron chi connectivity index (χ2n) is 6.23. The van der Waals surface area contributed by atoms with Gasteiger partial charge in [0.25, 0.3) is 15.9 Å². The topological polar surface area (TPSA) is 110 Å². The van der Waals surface area contributed by atoms with Crippen molar-refractivity contribution in [2.45, 2.75) is 25.2 Å². The summed E-state index contributed by atoms with van der Waals surface area (Å²) in [7, 11) is -3.80. The first kappa shape index (κ1) is 22.0. The summed E-state index contributed by atoms with van der Waals surface area (Å²) in [5, 5.41) is 11.9. The van der Waals surface area contributed by atoms with Crippen LogP contribution in [0.15, 0.2) is 47.4 Å². The van der Waals surface area contributed by atoms with E-state index in [2.05, 4.69) is 20.2 Å². The minimum absolute atomic E-state index is 0.0433. The summed E-state index contributed by atoms with van der Waals surface area (Å²) < 4.78 is 32.8. The van der Waals surface area contributed by atoms with Crippen LogP contribution in [0.3, 0.4) is 0 Å². The lowest BCUT2D eigenvalue weighted by Gasteiger charge is -2.10. The summed E-state index contributed by atoms with van der Waals surface area (Å²) in [6, 6.07) is 10.9. The summed E-state index contributed by atoms with van der Waals surface area (Å²) in [6.07, 6.45) is 0.676. The molecular formula is C19H19ClN4O4S2. The molecular weight excluding hydrogens is 448 g/mol. The van der Waals surface area contributed by atoms with Crippen molar-refractivity contribution in [1.82, 2.24) is 10.2 Å². The molecule has 3 aromatic rings. The minimum Gasteiger partial charge on any atom is -0.483 e. The summed E-state index contributed by atoms with van der Waals surface area (Å²) >= 11 is 7.08. The van der Waals surface area contributed by atoms with Crippen molar-refractivity contribution in [2.24, 2.45) is 0 Å². The minimum atomic E-state index is -3.80. The third-order valence-electron chi connectivity index (χ3n) is 3.94. The Kier molecular flexibility index (Phi) is 6.91. The van der Waals surface area contributed by atoms with Crippen LogP contribution in [0, 0.1) is 6.92 Å². The molecule has 0 fully saturated rings. The number of nitrogens with one attached hydrogen (secondary N) is 2. The molecule has 158 valence electrons. The molecule has 8 nitrogen and oxygen atoms in total. The average Bonchev–Trinajstić information content (AvgIpc) is 3.14. The van der Waals surface area contributed by atoms with Gasteiger partial charge in [-0.25, -0.2) is 8.42 Å². The first-order valence-corrected chi connectivity index (χ1v) is 11.6. The third-order valence-corrected chi connectivity index (χ3v) is 6.64. The van der Waals surface area contributed by atoms with Gasteiger partial charge < -0.3 is 10.1 Å². The van der Waals surface area contributed by atoms with E-state index in [1.807, 2.05) is 13.8 Å². The quantitative estimate of drug-likeness (QED) is 0.521. The first-order valence-electron chi connectivity index (χ1n) is 8.91. The van der Waals surface area contributed by atoms with Gasteiger partial charge in [-0.15, -0.1) is 10.2 Å². The Hall–Kier alpha value is -2.69. The Balaban J connectivity index is 1.58. The van der Waals surface area contributed by atoms with Crippen molar-refractivity contribution in [2.75, 3.05) is 16.6 Å². The molecule has 0 unspecified atom stereocenters. The molecule has 0 radical (unpaired) electrons. The number of carbonyl (C=O) groups is 1. The molecule has 0 aliphatic rings. The normalized spacial score (nSPS) is 11.2. The van der Waals surface area contributed by atoms with Crippen molar-refractivity contribution in [3.63, 3.8) is 0 Å². The molecule has 0 aliphatic heterocycles. The lowest BCUT2D eigenvalue weighted by Crippen LogP contribution is -2.20. The van der Waals surface area contributed by atoms with Gasteiger partial charge in [-0.2, -0.15) is 0 Å². The predicted molar refractivity (Wildman–Crippen MR) is 117 cm³/mol. The molecule has 1 heterocycles. The monoisotopic (exact) mass is 466 g/mol. The maximum absolute atomic E-state index is 12.5. The van der Waals surface area contributed by atoms with Crippen molar-refractivity contribution < 1.29 is 17.9 Å². The van der Waals surface area contributed by atoms with Gasteiger partial charge in [-0.1, -0.05) is 29.9 Å². The largest absolute Gasteiger partial charge is 0.483 e. The zero-order chi connectivity index (χ0) is 21.7. The smallest absolute Gasteiger partial charge is 0.263 e. The molecule has 0 saturated heterocycles. The molecule has 2 N–H and O–H groups in total. The van der Waals surface area contributed by atoms with Crippen LogP contribution < -0.4 is 14.8 Å². The number of carbonyl (C=O) groups excluding carboxylic acids is 1. The highest BCUT2D eigenvalue weighted by molar-refractivity contribution is 7.93. The van der Waals surface area contributed by atoms with E-state index in [1.54, 1.807) is 18.2 Å². The number of nitrogens with zero attached hydrogens (tertiary/aromatic N) is 2. The third kappa shape index (κ3) is 5.68. The van der Waals surface area contributed by atoms with Crippen LogP contribution in [-0.4, -0.2) is 31.1 Å². The maximum atomic E-state index is 12.5. The molecule has 30 heavy (non-hydrogen) atoms. The average molecular weight is 467 g/mol. The SMILES string of the molecule is CCc1nnc(NS(=O)(=O)c2ccc(NC(=O)COc3ccc(Cl)cc3C)cc2)s1. The Labute approximate surface area is 183 Å². The number of rotatable bonds is 8. The van der Waals surface area contributed by atoms with Crippen LogP contribution in [0.2, 0.25) is 5.02 Å². The van der Waals surface area contributed by atoms with Crippen LogP contribution in [0.25, 0.3) is 0 Å². The molecule has 1 aromatic heterocycles. The highest BCUT2D eigenvalue weighted by atomic mass is 35.5. The highest BCUT2D eigenvalue weighted by Crippen LogP contribution is 2.23.